The Labute approximate surface area is 160 Å². The van der Waals surface area contributed by atoms with Gasteiger partial charge in [0.1, 0.15) is 10.6 Å². The fourth-order valence-corrected chi connectivity index (χ4v) is 4.84. The number of amides is 1. The molecule has 1 amide bonds. The Balaban J connectivity index is 1.64. The zero-order valence-electron chi connectivity index (χ0n) is 15.5. The van der Waals surface area contributed by atoms with Gasteiger partial charge < -0.3 is 15.6 Å². The largest absolute Gasteiger partial charge is 0.399 e. The third kappa shape index (κ3) is 4.51. The maximum absolute atomic E-state index is 12.8. The van der Waals surface area contributed by atoms with E-state index in [0.29, 0.717) is 37.4 Å². The number of carbonyl (C=O) groups is 1. The highest BCUT2D eigenvalue weighted by Gasteiger charge is 2.28. The van der Waals surface area contributed by atoms with E-state index in [9.17, 15) is 13.2 Å². The van der Waals surface area contributed by atoms with Gasteiger partial charge in [-0.15, -0.1) is 0 Å². The molecule has 0 unspecified atom stereocenters. The van der Waals surface area contributed by atoms with E-state index in [2.05, 4.69) is 5.32 Å². The predicted molar refractivity (Wildman–Crippen MR) is 105 cm³/mol. The van der Waals surface area contributed by atoms with E-state index in [-0.39, 0.29) is 10.8 Å². The molecule has 2 heterocycles. The molecule has 1 fully saturated rings. The summed E-state index contributed by atoms with van der Waals surface area (Å²) < 4.78 is 28.6. The van der Waals surface area contributed by atoms with Crippen LogP contribution in [0.25, 0.3) is 0 Å². The van der Waals surface area contributed by atoms with Crippen LogP contribution in [-0.2, 0) is 23.5 Å². The summed E-state index contributed by atoms with van der Waals surface area (Å²) in [7, 11) is -1.86. The van der Waals surface area contributed by atoms with Crippen LogP contribution >= 0.6 is 0 Å². The Hall–Kier alpha value is -2.32. The molecular weight excluding hydrogens is 364 g/mol. The normalized spacial score (nSPS) is 15.6. The number of benzene rings is 1. The van der Waals surface area contributed by atoms with Gasteiger partial charge in [0.05, 0.1) is 0 Å². The maximum Gasteiger partial charge on any atom is 0.267 e. The molecular formula is C19H26N4O3S. The molecule has 1 aliphatic heterocycles. The van der Waals surface area contributed by atoms with Gasteiger partial charge in [0.25, 0.3) is 5.91 Å². The Morgan fingerprint density at radius 2 is 1.81 bits per heavy atom. The average Bonchev–Trinajstić information content (AvgIpc) is 3.07. The number of nitrogens with zero attached hydrogens (tertiary/aromatic N) is 2. The van der Waals surface area contributed by atoms with Crippen molar-refractivity contribution in [1.29, 1.82) is 0 Å². The van der Waals surface area contributed by atoms with Crippen molar-refractivity contribution >= 4 is 21.6 Å². The van der Waals surface area contributed by atoms with Gasteiger partial charge in [-0.3, -0.25) is 4.79 Å². The lowest BCUT2D eigenvalue weighted by molar-refractivity contribution is 0.0946. The van der Waals surface area contributed by atoms with E-state index in [4.69, 9.17) is 5.73 Å². The number of nitrogens with one attached hydrogen (secondary N) is 1. The molecule has 146 valence electrons. The number of carbonyl (C=O) groups excluding carboxylic acids is 1. The molecule has 1 aromatic carbocycles. The van der Waals surface area contributed by atoms with Crippen molar-refractivity contribution in [2.24, 2.45) is 7.05 Å². The predicted octanol–water partition coefficient (Wildman–Crippen LogP) is 1.75. The van der Waals surface area contributed by atoms with Gasteiger partial charge in [-0.25, -0.2) is 8.42 Å². The number of piperidine rings is 1. The summed E-state index contributed by atoms with van der Waals surface area (Å²) in [4.78, 5) is 12.6. The summed E-state index contributed by atoms with van der Waals surface area (Å²) in [5, 5.41) is 2.85. The van der Waals surface area contributed by atoms with Crippen LogP contribution in [0.3, 0.4) is 0 Å². The Kier molecular flexibility index (Phi) is 5.86. The number of hydrogen-bond donors (Lipinski definition) is 2. The number of aromatic nitrogens is 1. The minimum atomic E-state index is -3.54. The second-order valence-corrected chi connectivity index (χ2v) is 8.82. The molecule has 0 radical (unpaired) electrons. The Bertz CT molecular complexity index is 898. The van der Waals surface area contributed by atoms with Crippen LogP contribution < -0.4 is 11.1 Å². The molecule has 7 nitrogen and oxygen atoms in total. The SMILES string of the molecule is Cn1cc(S(=O)(=O)N2CCCCC2)cc1C(=O)NCCc1ccc(N)cc1. The van der Waals surface area contributed by atoms with Crippen molar-refractivity contribution in [3.63, 3.8) is 0 Å². The summed E-state index contributed by atoms with van der Waals surface area (Å²) in [5.41, 5.74) is 7.78. The highest BCUT2D eigenvalue weighted by Crippen LogP contribution is 2.22. The first-order valence-electron chi connectivity index (χ1n) is 9.17. The number of nitrogen functional groups attached to an aromatic ring is 1. The molecule has 0 spiro atoms. The first-order valence-corrected chi connectivity index (χ1v) is 10.6. The maximum atomic E-state index is 12.8. The van der Waals surface area contributed by atoms with Gasteiger partial charge in [0.2, 0.25) is 10.0 Å². The number of nitrogens with two attached hydrogens (primary N) is 1. The van der Waals surface area contributed by atoms with Crippen LogP contribution in [0, 0.1) is 0 Å². The lowest BCUT2D eigenvalue weighted by atomic mass is 10.1. The van der Waals surface area contributed by atoms with Crippen LogP contribution in [0.1, 0.15) is 35.3 Å². The minimum absolute atomic E-state index is 0.176. The van der Waals surface area contributed by atoms with E-state index in [1.165, 1.54) is 16.6 Å². The third-order valence-corrected chi connectivity index (χ3v) is 6.71. The van der Waals surface area contributed by atoms with Gasteiger partial charge in [-0.1, -0.05) is 18.6 Å². The Morgan fingerprint density at radius 1 is 1.15 bits per heavy atom. The third-order valence-electron chi connectivity index (χ3n) is 4.84. The highest BCUT2D eigenvalue weighted by molar-refractivity contribution is 7.89. The molecule has 0 bridgehead atoms. The number of anilines is 1. The summed E-state index contributed by atoms with van der Waals surface area (Å²) in [6.45, 7) is 1.54. The van der Waals surface area contributed by atoms with E-state index < -0.39 is 10.0 Å². The highest BCUT2D eigenvalue weighted by atomic mass is 32.2. The fourth-order valence-electron chi connectivity index (χ4n) is 3.25. The summed E-state index contributed by atoms with van der Waals surface area (Å²) in [6, 6.07) is 8.96. The monoisotopic (exact) mass is 390 g/mol. The van der Waals surface area contributed by atoms with Crippen LogP contribution in [0.2, 0.25) is 0 Å². The van der Waals surface area contributed by atoms with Crippen LogP contribution in [0.15, 0.2) is 41.4 Å². The van der Waals surface area contributed by atoms with Crippen molar-refractivity contribution in [3.8, 4) is 0 Å². The van der Waals surface area contributed by atoms with Gasteiger partial charge in [0.15, 0.2) is 0 Å². The van der Waals surface area contributed by atoms with Crippen molar-refractivity contribution in [3.05, 3.63) is 47.8 Å². The van der Waals surface area contributed by atoms with Crippen molar-refractivity contribution in [2.75, 3.05) is 25.4 Å². The van der Waals surface area contributed by atoms with Gasteiger partial charge in [-0.2, -0.15) is 4.31 Å². The first-order chi connectivity index (χ1) is 12.9. The molecule has 8 heteroatoms. The topological polar surface area (TPSA) is 97.4 Å². The lowest BCUT2D eigenvalue weighted by Gasteiger charge is -2.25. The van der Waals surface area contributed by atoms with E-state index in [0.717, 1.165) is 24.8 Å². The first kappa shape index (κ1) is 19.4. The zero-order valence-corrected chi connectivity index (χ0v) is 16.3. The van der Waals surface area contributed by atoms with E-state index >= 15 is 0 Å². The second kappa shape index (κ2) is 8.14. The minimum Gasteiger partial charge on any atom is -0.399 e. The molecule has 0 saturated carbocycles. The smallest absolute Gasteiger partial charge is 0.267 e. The fraction of sp³-hybridized carbons (Fsp3) is 0.421. The van der Waals surface area contributed by atoms with Gasteiger partial charge >= 0.3 is 0 Å². The summed E-state index contributed by atoms with van der Waals surface area (Å²) >= 11 is 0. The number of aryl methyl sites for hydroxylation is 1. The molecule has 1 saturated heterocycles. The van der Waals surface area contributed by atoms with Crippen molar-refractivity contribution < 1.29 is 13.2 Å². The molecule has 0 atom stereocenters. The number of hydrogen-bond acceptors (Lipinski definition) is 4. The van der Waals surface area contributed by atoms with Crippen molar-refractivity contribution in [2.45, 2.75) is 30.6 Å². The van der Waals surface area contributed by atoms with Gasteiger partial charge in [-0.05, 0) is 43.0 Å². The molecule has 3 N–H and O–H groups in total. The standard InChI is InChI=1S/C19H26N4O3S/c1-22-14-17(27(25,26)23-11-3-2-4-12-23)13-18(22)19(24)21-10-9-15-5-7-16(20)8-6-15/h5-8,13-14H,2-4,9-12,20H2,1H3,(H,21,24). The van der Waals surface area contributed by atoms with Gasteiger partial charge in [0, 0.05) is 38.6 Å². The van der Waals surface area contributed by atoms with Crippen LogP contribution in [-0.4, -0.2) is 42.8 Å². The molecule has 2 aromatic rings. The number of rotatable bonds is 6. The lowest BCUT2D eigenvalue weighted by Crippen LogP contribution is -2.35. The van der Waals surface area contributed by atoms with Crippen LogP contribution in [0.5, 0.6) is 0 Å². The average molecular weight is 391 g/mol. The molecule has 0 aliphatic carbocycles. The molecule has 3 rings (SSSR count). The molecule has 1 aliphatic rings. The Morgan fingerprint density at radius 3 is 2.48 bits per heavy atom. The molecule has 27 heavy (non-hydrogen) atoms. The number of sulfonamides is 1. The summed E-state index contributed by atoms with van der Waals surface area (Å²) in [6.07, 6.45) is 5.01. The van der Waals surface area contributed by atoms with E-state index in [1.54, 1.807) is 11.6 Å². The van der Waals surface area contributed by atoms with Crippen molar-refractivity contribution in [1.82, 2.24) is 14.2 Å². The zero-order chi connectivity index (χ0) is 19.4. The quantitative estimate of drug-likeness (QED) is 0.735. The summed E-state index contributed by atoms with van der Waals surface area (Å²) in [5.74, 6) is -0.284. The second-order valence-electron chi connectivity index (χ2n) is 6.88. The van der Waals surface area contributed by atoms with E-state index in [1.807, 2.05) is 24.3 Å². The molecule has 1 aromatic heterocycles. The van der Waals surface area contributed by atoms with Crippen LogP contribution in [0.4, 0.5) is 5.69 Å².